The van der Waals surface area contributed by atoms with Gasteiger partial charge in [-0.25, -0.2) is 8.78 Å². The van der Waals surface area contributed by atoms with Gasteiger partial charge in [0.1, 0.15) is 0 Å². The van der Waals surface area contributed by atoms with Crippen molar-refractivity contribution < 1.29 is 18.3 Å². The number of hydrogen-bond acceptors (Lipinski definition) is 2. The van der Waals surface area contributed by atoms with Crippen molar-refractivity contribution in [3.8, 4) is 11.5 Å². The van der Waals surface area contributed by atoms with Crippen LogP contribution in [0.25, 0.3) is 0 Å². The highest BCUT2D eigenvalue weighted by atomic mass is 19.1. The summed E-state index contributed by atoms with van der Waals surface area (Å²) in [6, 6.07) is 1.18. The number of halogens is 2. The Labute approximate surface area is 103 Å². The molecule has 0 saturated heterocycles. The Morgan fingerprint density at radius 3 is 1.35 bits per heavy atom. The molecule has 0 heterocycles. The van der Waals surface area contributed by atoms with E-state index >= 15 is 0 Å². The minimum absolute atomic E-state index is 0.0178. The quantitative estimate of drug-likeness (QED) is 0.775. The topological polar surface area (TPSA) is 18.5 Å². The lowest BCUT2D eigenvalue weighted by molar-refractivity contribution is 0.355. The molecule has 0 unspecified atom stereocenters. The van der Waals surface area contributed by atoms with Gasteiger partial charge < -0.3 is 9.47 Å². The number of hydrogen-bond donors (Lipinski definition) is 0. The summed E-state index contributed by atoms with van der Waals surface area (Å²) in [7, 11) is 2.63. The monoisotopic (exact) mass is 248 g/mol. The van der Waals surface area contributed by atoms with Crippen LogP contribution < -0.4 is 9.47 Å². The summed E-state index contributed by atoms with van der Waals surface area (Å²) in [5, 5.41) is 0. The zero-order valence-corrected chi connectivity index (χ0v) is 11.6. The first-order valence-corrected chi connectivity index (χ1v) is 5.68. The van der Waals surface area contributed by atoms with E-state index in [9.17, 15) is 8.78 Å². The summed E-state index contributed by atoms with van der Waals surface area (Å²) in [6.07, 6.45) is 0. The van der Waals surface area contributed by atoms with Crippen molar-refractivity contribution in [2.24, 2.45) is 0 Å². The first-order chi connectivity index (χ1) is 8.11. The van der Waals surface area contributed by atoms with Crippen LogP contribution in [0.2, 0.25) is 0 Å². The summed E-state index contributed by atoms with van der Waals surface area (Å²) < 4.78 is 35.7. The Kier molecular flexibility index (Phi) is 10.5. The van der Waals surface area contributed by atoms with Crippen LogP contribution in [0.4, 0.5) is 8.78 Å². The molecule has 1 aromatic carbocycles. The molecule has 4 heteroatoms. The molecule has 2 nitrogen and oxygen atoms in total. The van der Waals surface area contributed by atoms with Crippen molar-refractivity contribution in [3.05, 3.63) is 23.3 Å². The Morgan fingerprint density at radius 2 is 1.12 bits per heavy atom. The number of methoxy groups -OCH3 is 2. The third-order valence-corrected chi connectivity index (χ3v) is 1.79. The van der Waals surface area contributed by atoms with Gasteiger partial charge in [-0.15, -0.1) is 0 Å². The molecule has 0 bridgehead atoms. The maximum Gasteiger partial charge on any atom is 0.171 e. The van der Waals surface area contributed by atoms with Crippen molar-refractivity contribution >= 4 is 0 Å². The van der Waals surface area contributed by atoms with Gasteiger partial charge in [-0.2, -0.15) is 0 Å². The summed E-state index contributed by atoms with van der Waals surface area (Å²) >= 11 is 0. The smallest absolute Gasteiger partial charge is 0.171 e. The molecule has 0 spiro atoms. The molecule has 0 aliphatic carbocycles. The molecule has 0 amide bonds. The van der Waals surface area contributed by atoms with E-state index in [0.717, 1.165) is 0 Å². The highest BCUT2D eigenvalue weighted by Crippen LogP contribution is 2.30. The molecule has 0 saturated carbocycles. The normalized spacial score (nSPS) is 8.29. The first kappa shape index (κ1) is 18.1. The van der Waals surface area contributed by atoms with Gasteiger partial charge in [0.05, 0.1) is 14.2 Å². The molecular weight excluding hydrogens is 226 g/mol. The van der Waals surface area contributed by atoms with E-state index in [2.05, 4.69) is 0 Å². The van der Waals surface area contributed by atoms with Crippen molar-refractivity contribution in [2.45, 2.75) is 34.6 Å². The van der Waals surface area contributed by atoms with Crippen LogP contribution in [0.15, 0.2) is 6.07 Å². The van der Waals surface area contributed by atoms with Crippen LogP contribution in [0.3, 0.4) is 0 Å². The van der Waals surface area contributed by atoms with Crippen molar-refractivity contribution in [3.63, 3.8) is 0 Å². The van der Waals surface area contributed by atoms with Crippen molar-refractivity contribution in [1.29, 1.82) is 0 Å². The van der Waals surface area contributed by atoms with Gasteiger partial charge in [-0.05, 0) is 6.92 Å². The fourth-order valence-corrected chi connectivity index (χ4v) is 1.01. The molecule has 0 fully saturated rings. The second-order valence-electron chi connectivity index (χ2n) is 2.53. The SMILES string of the molecule is CC.CC.COc1cc(OC)c(F)c(C)c1F. The summed E-state index contributed by atoms with van der Waals surface area (Å²) in [5.74, 6) is -1.42. The molecule has 0 aliphatic heterocycles. The van der Waals surface area contributed by atoms with E-state index in [0.29, 0.717) is 0 Å². The lowest BCUT2D eigenvalue weighted by Gasteiger charge is -2.09. The Hall–Kier alpha value is -1.32. The Morgan fingerprint density at radius 1 is 0.824 bits per heavy atom. The third-order valence-electron chi connectivity index (χ3n) is 1.79. The predicted octanol–water partition coefficient (Wildman–Crippen LogP) is 4.34. The van der Waals surface area contributed by atoms with Gasteiger partial charge in [0.15, 0.2) is 23.1 Å². The standard InChI is InChI=1S/C9H10F2O2.2C2H6/c1-5-8(10)6(12-2)4-7(13-3)9(5)11;2*1-2/h4H,1-3H3;2*1-2H3. The molecule has 1 aromatic rings. The van der Waals surface area contributed by atoms with Gasteiger partial charge >= 0.3 is 0 Å². The third kappa shape index (κ3) is 4.59. The zero-order valence-electron chi connectivity index (χ0n) is 11.6. The number of benzene rings is 1. The van der Waals surface area contributed by atoms with E-state index in [1.165, 1.54) is 27.2 Å². The summed E-state index contributed by atoms with van der Waals surface area (Å²) in [4.78, 5) is 0. The minimum Gasteiger partial charge on any atom is -0.494 e. The van der Waals surface area contributed by atoms with Gasteiger partial charge in [-0.1, -0.05) is 27.7 Å². The average Bonchev–Trinajstić information content (AvgIpc) is 2.41. The van der Waals surface area contributed by atoms with Gasteiger partial charge in [0.2, 0.25) is 0 Å². The number of rotatable bonds is 2. The maximum absolute atomic E-state index is 13.2. The molecule has 0 atom stereocenters. The van der Waals surface area contributed by atoms with E-state index < -0.39 is 11.6 Å². The second kappa shape index (κ2) is 9.87. The van der Waals surface area contributed by atoms with Gasteiger partial charge in [-0.3, -0.25) is 0 Å². The molecule has 1 rings (SSSR count). The van der Waals surface area contributed by atoms with Gasteiger partial charge in [0.25, 0.3) is 0 Å². The largest absolute Gasteiger partial charge is 0.494 e. The van der Waals surface area contributed by atoms with E-state index in [1.807, 2.05) is 27.7 Å². The zero-order chi connectivity index (χ0) is 14.0. The minimum atomic E-state index is -0.694. The molecule has 0 N–H and O–H groups in total. The average molecular weight is 248 g/mol. The highest BCUT2D eigenvalue weighted by molar-refractivity contribution is 5.41. The summed E-state index contributed by atoms with van der Waals surface area (Å²) in [5.41, 5.74) is -0.101. The van der Waals surface area contributed by atoms with Crippen molar-refractivity contribution in [1.82, 2.24) is 0 Å². The summed E-state index contributed by atoms with van der Waals surface area (Å²) in [6.45, 7) is 9.33. The van der Waals surface area contributed by atoms with E-state index in [4.69, 9.17) is 9.47 Å². The van der Waals surface area contributed by atoms with Crippen LogP contribution in [-0.2, 0) is 0 Å². The van der Waals surface area contributed by atoms with Gasteiger partial charge in [0, 0.05) is 11.6 Å². The van der Waals surface area contributed by atoms with Crippen LogP contribution in [0, 0.1) is 18.6 Å². The molecule has 0 aliphatic rings. The van der Waals surface area contributed by atoms with Crippen molar-refractivity contribution in [2.75, 3.05) is 14.2 Å². The molecule has 100 valence electrons. The molecular formula is C13H22F2O2. The first-order valence-electron chi connectivity index (χ1n) is 5.68. The molecule has 0 aromatic heterocycles. The van der Waals surface area contributed by atoms with Crippen LogP contribution in [0.5, 0.6) is 11.5 Å². The molecule has 0 radical (unpaired) electrons. The maximum atomic E-state index is 13.2. The van der Waals surface area contributed by atoms with E-state index in [-0.39, 0.29) is 17.1 Å². The molecule has 17 heavy (non-hydrogen) atoms. The van der Waals surface area contributed by atoms with Crippen LogP contribution in [0.1, 0.15) is 33.3 Å². The second-order valence-corrected chi connectivity index (χ2v) is 2.53. The Balaban J connectivity index is 0. The lowest BCUT2D eigenvalue weighted by atomic mass is 10.2. The highest BCUT2D eigenvalue weighted by Gasteiger charge is 2.15. The predicted molar refractivity (Wildman–Crippen MR) is 66.9 cm³/mol. The fourth-order valence-electron chi connectivity index (χ4n) is 1.01. The van der Waals surface area contributed by atoms with Crippen LogP contribution in [-0.4, -0.2) is 14.2 Å². The Bertz CT molecular complexity index is 297. The van der Waals surface area contributed by atoms with Crippen LogP contribution >= 0.6 is 0 Å². The lowest BCUT2D eigenvalue weighted by Crippen LogP contribution is -1.98. The fraction of sp³-hybridized carbons (Fsp3) is 0.538. The van der Waals surface area contributed by atoms with E-state index in [1.54, 1.807) is 0 Å². The number of ether oxygens (including phenoxy) is 2.